The molecule has 0 spiro atoms. The van der Waals surface area contributed by atoms with Crippen molar-refractivity contribution in [2.75, 3.05) is 19.6 Å². The summed E-state index contributed by atoms with van der Waals surface area (Å²) < 4.78 is 13.2. The van der Waals surface area contributed by atoms with Crippen LogP contribution in [-0.2, 0) is 5.60 Å². The molecular formula is C21H21Cl2FN2O4. The Balaban J connectivity index is 1.52. The Morgan fingerprint density at radius 2 is 1.87 bits per heavy atom. The van der Waals surface area contributed by atoms with Crippen molar-refractivity contribution in [3.05, 3.63) is 73.5 Å². The van der Waals surface area contributed by atoms with Gasteiger partial charge >= 0.3 is 0 Å². The predicted molar refractivity (Wildman–Crippen MR) is 113 cm³/mol. The highest BCUT2D eigenvalue weighted by Crippen LogP contribution is 2.36. The maximum atomic E-state index is 13.2. The largest absolute Gasteiger partial charge is 0.385 e. The van der Waals surface area contributed by atoms with E-state index in [1.54, 1.807) is 18.2 Å². The van der Waals surface area contributed by atoms with Crippen LogP contribution in [0.2, 0.25) is 10.0 Å². The second kappa shape index (κ2) is 9.39. The summed E-state index contributed by atoms with van der Waals surface area (Å²) in [5.41, 5.74) is -0.830. The van der Waals surface area contributed by atoms with Gasteiger partial charge in [-0.2, -0.15) is 0 Å². The summed E-state index contributed by atoms with van der Waals surface area (Å²) >= 11 is 12.0. The van der Waals surface area contributed by atoms with Crippen LogP contribution in [0.15, 0.2) is 36.4 Å². The molecular weight excluding hydrogens is 434 g/mol. The molecule has 1 aliphatic heterocycles. The van der Waals surface area contributed by atoms with E-state index in [4.69, 9.17) is 23.2 Å². The quantitative estimate of drug-likeness (QED) is 0.362. The van der Waals surface area contributed by atoms with Crippen molar-refractivity contribution < 1.29 is 19.2 Å². The van der Waals surface area contributed by atoms with Crippen LogP contribution >= 0.6 is 23.2 Å². The third kappa shape index (κ3) is 5.16. The highest BCUT2D eigenvalue weighted by Gasteiger charge is 2.34. The van der Waals surface area contributed by atoms with E-state index >= 15 is 0 Å². The molecule has 2 aromatic rings. The standard InChI is InChI=1S/C21H21Cl2FN2O4/c22-17-6-3-14(12-18(17)23)21(28)7-10-25(11-8-21)9-1-2-20(27)16-5-4-15(24)13-19(16)26(29)30/h3-6,12-13,28H,1-2,7-11H2. The van der Waals surface area contributed by atoms with Crippen LogP contribution in [0.1, 0.15) is 41.6 Å². The molecule has 30 heavy (non-hydrogen) atoms. The molecule has 9 heteroatoms. The maximum Gasteiger partial charge on any atom is 0.283 e. The topological polar surface area (TPSA) is 83.7 Å². The van der Waals surface area contributed by atoms with E-state index in [0.29, 0.717) is 48.9 Å². The molecule has 0 aromatic heterocycles. The second-order valence-corrected chi connectivity index (χ2v) is 8.26. The van der Waals surface area contributed by atoms with Gasteiger partial charge in [0.05, 0.1) is 32.2 Å². The molecule has 6 nitrogen and oxygen atoms in total. The molecule has 1 saturated heterocycles. The smallest absolute Gasteiger partial charge is 0.283 e. The maximum absolute atomic E-state index is 13.2. The summed E-state index contributed by atoms with van der Waals surface area (Å²) in [4.78, 5) is 24.8. The van der Waals surface area contributed by atoms with Gasteiger partial charge in [-0.1, -0.05) is 29.3 Å². The van der Waals surface area contributed by atoms with Gasteiger partial charge in [-0.3, -0.25) is 14.9 Å². The van der Waals surface area contributed by atoms with E-state index in [1.165, 1.54) is 0 Å². The van der Waals surface area contributed by atoms with Crippen molar-refractivity contribution >= 4 is 34.7 Å². The van der Waals surface area contributed by atoms with E-state index in [1.807, 2.05) is 0 Å². The van der Waals surface area contributed by atoms with Gasteiger partial charge in [-0.05, 0) is 55.6 Å². The molecule has 160 valence electrons. The van der Waals surface area contributed by atoms with Crippen molar-refractivity contribution in [1.29, 1.82) is 0 Å². The lowest BCUT2D eigenvalue weighted by molar-refractivity contribution is -0.385. The van der Waals surface area contributed by atoms with Crippen molar-refractivity contribution in [2.24, 2.45) is 0 Å². The zero-order valence-electron chi connectivity index (χ0n) is 16.1. The molecule has 0 amide bonds. The number of aliphatic hydroxyl groups is 1. The third-order valence-corrected chi connectivity index (χ3v) is 6.21. The van der Waals surface area contributed by atoms with E-state index in [-0.39, 0.29) is 17.8 Å². The molecule has 0 aliphatic carbocycles. The number of hydrogen-bond donors (Lipinski definition) is 1. The summed E-state index contributed by atoms with van der Waals surface area (Å²) in [6.07, 6.45) is 1.67. The summed E-state index contributed by atoms with van der Waals surface area (Å²) in [7, 11) is 0. The summed E-state index contributed by atoms with van der Waals surface area (Å²) in [6, 6.07) is 8.11. The van der Waals surface area contributed by atoms with Crippen LogP contribution < -0.4 is 0 Å². The normalized spacial score (nSPS) is 16.4. The van der Waals surface area contributed by atoms with Crippen LogP contribution in [0.4, 0.5) is 10.1 Å². The number of carbonyl (C=O) groups excluding carboxylic acids is 1. The number of halogens is 3. The van der Waals surface area contributed by atoms with E-state index in [2.05, 4.69) is 4.90 Å². The summed E-state index contributed by atoms with van der Waals surface area (Å²) in [5, 5.41) is 22.9. The Hall–Kier alpha value is -2.06. The third-order valence-electron chi connectivity index (χ3n) is 5.48. The number of nitro groups is 1. The Labute approximate surface area is 183 Å². The van der Waals surface area contributed by atoms with Gasteiger partial charge in [-0.25, -0.2) is 4.39 Å². The predicted octanol–water partition coefficient (Wildman–Crippen LogP) is 4.99. The average molecular weight is 455 g/mol. The number of piperidine rings is 1. The van der Waals surface area contributed by atoms with Crippen LogP contribution in [0.3, 0.4) is 0 Å². The highest BCUT2D eigenvalue weighted by atomic mass is 35.5. The van der Waals surface area contributed by atoms with Gasteiger partial charge in [0, 0.05) is 19.5 Å². The van der Waals surface area contributed by atoms with Gasteiger partial charge in [0.1, 0.15) is 5.82 Å². The highest BCUT2D eigenvalue weighted by molar-refractivity contribution is 6.42. The van der Waals surface area contributed by atoms with Crippen molar-refractivity contribution in [3.8, 4) is 0 Å². The van der Waals surface area contributed by atoms with E-state index in [0.717, 1.165) is 23.8 Å². The fourth-order valence-corrected chi connectivity index (χ4v) is 4.01. The molecule has 1 heterocycles. The lowest BCUT2D eigenvalue weighted by Gasteiger charge is -2.38. The van der Waals surface area contributed by atoms with Gasteiger partial charge in [0.15, 0.2) is 5.78 Å². The lowest BCUT2D eigenvalue weighted by Crippen LogP contribution is -2.42. The first-order valence-corrected chi connectivity index (χ1v) is 10.3. The van der Waals surface area contributed by atoms with E-state index in [9.17, 15) is 24.4 Å². The van der Waals surface area contributed by atoms with Gasteiger partial charge in [-0.15, -0.1) is 0 Å². The number of nitro benzene ring substituents is 1. The number of benzene rings is 2. The number of carbonyl (C=O) groups is 1. The Kier molecular flexibility index (Phi) is 7.08. The Bertz CT molecular complexity index is 962. The fraction of sp³-hybridized carbons (Fsp3) is 0.381. The van der Waals surface area contributed by atoms with Gasteiger partial charge in [0.25, 0.3) is 5.69 Å². The average Bonchev–Trinajstić information content (AvgIpc) is 2.71. The number of Topliss-reactive ketones (excluding diaryl/α,β-unsaturated/α-hetero) is 1. The Morgan fingerprint density at radius 3 is 2.50 bits per heavy atom. The van der Waals surface area contributed by atoms with Gasteiger partial charge in [0.2, 0.25) is 0 Å². The fourth-order valence-electron chi connectivity index (χ4n) is 3.71. The molecule has 0 bridgehead atoms. The second-order valence-electron chi connectivity index (χ2n) is 7.45. The van der Waals surface area contributed by atoms with Crippen LogP contribution in [0.5, 0.6) is 0 Å². The van der Waals surface area contributed by atoms with Crippen molar-refractivity contribution in [1.82, 2.24) is 4.90 Å². The minimum atomic E-state index is -0.977. The van der Waals surface area contributed by atoms with E-state index < -0.39 is 22.0 Å². The first-order valence-electron chi connectivity index (χ1n) is 9.57. The molecule has 3 rings (SSSR count). The molecule has 0 radical (unpaired) electrons. The zero-order valence-corrected chi connectivity index (χ0v) is 17.6. The van der Waals surface area contributed by atoms with Crippen molar-refractivity contribution in [2.45, 2.75) is 31.3 Å². The number of ketones is 1. The van der Waals surface area contributed by atoms with Crippen LogP contribution in [0.25, 0.3) is 0 Å². The first-order chi connectivity index (χ1) is 14.2. The number of hydrogen-bond acceptors (Lipinski definition) is 5. The molecule has 1 N–H and O–H groups in total. The Morgan fingerprint density at radius 1 is 1.17 bits per heavy atom. The number of nitrogens with zero attached hydrogens (tertiary/aromatic N) is 2. The SMILES string of the molecule is O=C(CCCN1CCC(O)(c2ccc(Cl)c(Cl)c2)CC1)c1ccc(F)cc1[N+](=O)[O-]. The minimum absolute atomic E-state index is 0.0750. The molecule has 0 saturated carbocycles. The molecule has 1 fully saturated rings. The van der Waals surface area contributed by atoms with Crippen LogP contribution in [0, 0.1) is 15.9 Å². The lowest BCUT2D eigenvalue weighted by atomic mass is 9.84. The number of likely N-dealkylation sites (tertiary alicyclic amines) is 1. The summed E-state index contributed by atoms with van der Waals surface area (Å²) in [6.45, 7) is 1.90. The summed E-state index contributed by atoms with van der Waals surface area (Å²) in [5.74, 6) is -1.13. The molecule has 0 atom stereocenters. The van der Waals surface area contributed by atoms with Gasteiger partial charge < -0.3 is 10.0 Å². The molecule has 0 unspecified atom stereocenters. The van der Waals surface area contributed by atoms with Crippen molar-refractivity contribution in [3.63, 3.8) is 0 Å². The molecule has 2 aromatic carbocycles. The monoisotopic (exact) mass is 454 g/mol. The number of rotatable bonds is 7. The molecule has 1 aliphatic rings. The minimum Gasteiger partial charge on any atom is -0.385 e. The first kappa shape index (κ1) is 22.6. The van der Waals surface area contributed by atoms with Crippen LogP contribution in [-0.4, -0.2) is 40.3 Å². The zero-order chi connectivity index (χ0) is 21.9.